The number of amides is 1. The summed E-state index contributed by atoms with van der Waals surface area (Å²) in [4.78, 5) is 17.8. The zero-order valence-corrected chi connectivity index (χ0v) is 20.6. The van der Waals surface area contributed by atoms with Gasteiger partial charge in [0.25, 0.3) is 0 Å². The van der Waals surface area contributed by atoms with E-state index in [1.807, 2.05) is 32.0 Å². The Balaban J connectivity index is 1.32. The van der Waals surface area contributed by atoms with Gasteiger partial charge < -0.3 is 10.6 Å². The van der Waals surface area contributed by atoms with Crippen LogP contribution < -0.4 is 10.6 Å². The smallest absolute Gasteiger partial charge is 0.237 e. The summed E-state index contributed by atoms with van der Waals surface area (Å²) in [6.07, 6.45) is 3.16. The monoisotopic (exact) mass is 468 g/mol. The molecule has 1 amide bonds. The average molecular weight is 469 g/mol. The molecule has 4 rings (SSSR count). The van der Waals surface area contributed by atoms with E-state index >= 15 is 0 Å². The zero-order valence-electron chi connectivity index (χ0n) is 19.8. The summed E-state index contributed by atoms with van der Waals surface area (Å²) in [5.74, 6) is 0.133. The molecule has 0 saturated carbocycles. The molecule has 33 heavy (non-hydrogen) atoms. The highest BCUT2D eigenvalue weighted by atomic mass is 35.5. The lowest BCUT2D eigenvalue weighted by Crippen LogP contribution is -2.46. The minimum Gasteiger partial charge on any atom is -0.353 e. The standard InChI is InChI=1S/C27H37ClN4O/c1-20(2)29-27(33)26-16-25(19-32(26)18-22-9-6-10-23(28)15-22)30-24-11-13-31(14-12-24)17-21-7-4-3-5-8-21/h3-10,15,20,24-26,30H,11-14,16-19H2,1-2H3,(H,29,33)/t25-,26+/m1/s1. The number of likely N-dealkylation sites (tertiary alicyclic amines) is 2. The minimum absolute atomic E-state index is 0.109. The first-order valence-electron chi connectivity index (χ1n) is 12.3. The summed E-state index contributed by atoms with van der Waals surface area (Å²) in [5, 5.41) is 7.76. The van der Waals surface area contributed by atoms with Crippen LogP contribution in [0.15, 0.2) is 54.6 Å². The lowest BCUT2D eigenvalue weighted by atomic mass is 10.0. The summed E-state index contributed by atoms with van der Waals surface area (Å²) in [7, 11) is 0. The van der Waals surface area contributed by atoms with Crippen LogP contribution in [0.25, 0.3) is 0 Å². The van der Waals surface area contributed by atoms with Crippen molar-refractivity contribution < 1.29 is 4.79 Å². The van der Waals surface area contributed by atoms with Crippen LogP contribution in [0, 0.1) is 0 Å². The summed E-state index contributed by atoms with van der Waals surface area (Å²) < 4.78 is 0. The van der Waals surface area contributed by atoms with Gasteiger partial charge in [0.2, 0.25) is 5.91 Å². The third-order valence-electron chi connectivity index (χ3n) is 6.72. The molecule has 2 heterocycles. The van der Waals surface area contributed by atoms with Crippen LogP contribution in [-0.4, -0.2) is 59.5 Å². The highest BCUT2D eigenvalue weighted by molar-refractivity contribution is 6.30. The van der Waals surface area contributed by atoms with Crippen molar-refractivity contribution in [1.82, 2.24) is 20.4 Å². The first-order chi connectivity index (χ1) is 16.0. The summed E-state index contributed by atoms with van der Waals surface area (Å²) >= 11 is 6.20. The van der Waals surface area contributed by atoms with Gasteiger partial charge in [-0.1, -0.05) is 54.1 Å². The molecule has 0 unspecified atom stereocenters. The van der Waals surface area contributed by atoms with Crippen molar-refractivity contribution in [2.45, 2.75) is 70.4 Å². The Morgan fingerprint density at radius 1 is 1.00 bits per heavy atom. The van der Waals surface area contributed by atoms with Gasteiger partial charge in [-0.15, -0.1) is 0 Å². The van der Waals surface area contributed by atoms with Crippen LogP contribution in [-0.2, 0) is 17.9 Å². The number of carbonyl (C=O) groups excluding carboxylic acids is 1. The number of nitrogens with one attached hydrogen (secondary N) is 2. The Hall–Kier alpha value is -1.92. The van der Waals surface area contributed by atoms with E-state index in [4.69, 9.17) is 11.6 Å². The van der Waals surface area contributed by atoms with Gasteiger partial charge in [-0.05, 0) is 69.5 Å². The van der Waals surface area contributed by atoms with Crippen molar-refractivity contribution >= 4 is 17.5 Å². The predicted octanol–water partition coefficient (Wildman–Crippen LogP) is 4.06. The van der Waals surface area contributed by atoms with Gasteiger partial charge in [-0.2, -0.15) is 0 Å². The van der Waals surface area contributed by atoms with E-state index in [0.717, 1.165) is 62.6 Å². The van der Waals surface area contributed by atoms with Crippen LogP contribution in [0.1, 0.15) is 44.2 Å². The first-order valence-corrected chi connectivity index (χ1v) is 12.7. The number of halogens is 1. The molecule has 2 atom stereocenters. The molecule has 2 saturated heterocycles. The number of nitrogens with zero attached hydrogens (tertiary/aromatic N) is 2. The molecule has 5 nitrogen and oxygen atoms in total. The largest absolute Gasteiger partial charge is 0.353 e. The Morgan fingerprint density at radius 2 is 1.73 bits per heavy atom. The molecule has 0 aliphatic carbocycles. The molecule has 0 spiro atoms. The zero-order chi connectivity index (χ0) is 23.2. The lowest BCUT2D eigenvalue weighted by Gasteiger charge is -2.34. The molecule has 2 aliphatic heterocycles. The number of hydrogen-bond donors (Lipinski definition) is 2. The lowest BCUT2D eigenvalue weighted by molar-refractivity contribution is -0.126. The van der Waals surface area contributed by atoms with Gasteiger partial charge >= 0.3 is 0 Å². The third-order valence-corrected chi connectivity index (χ3v) is 6.95. The molecule has 0 bridgehead atoms. The van der Waals surface area contributed by atoms with Gasteiger partial charge in [-0.25, -0.2) is 0 Å². The van der Waals surface area contributed by atoms with Gasteiger partial charge in [0.05, 0.1) is 6.04 Å². The predicted molar refractivity (Wildman–Crippen MR) is 135 cm³/mol. The average Bonchev–Trinajstić information content (AvgIpc) is 3.17. The van der Waals surface area contributed by atoms with E-state index in [9.17, 15) is 4.79 Å². The number of hydrogen-bond acceptors (Lipinski definition) is 4. The van der Waals surface area contributed by atoms with E-state index in [1.54, 1.807) is 0 Å². The summed E-state index contributed by atoms with van der Waals surface area (Å²) in [5.41, 5.74) is 2.54. The molecular formula is C27H37ClN4O. The SMILES string of the molecule is CC(C)NC(=O)[C@@H]1C[C@@H](NC2CCN(Cc3ccccc3)CC2)CN1Cc1cccc(Cl)c1. The minimum atomic E-state index is -0.109. The Morgan fingerprint density at radius 3 is 2.42 bits per heavy atom. The van der Waals surface area contributed by atoms with Crippen molar-refractivity contribution in [1.29, 1.82) is 0 Å². The fourth-order valence-corrected chi connectivity index (χ4v) is 5.37. The quantitative estimate of drug-likeness (QED) is 0.613. The Labute approximate surface area is 203 Å². The van der Waals surface area contributed by atoms with Crippen molar-refractivity contribution in [3.8, 4) is 0 Å². The van der Waals surface area contributed by atoms with Crippen molar-refractivity contribution in [3.05, 3.63) is 70.7 Å². The number of benzene rings is 2. The highest BCUT2D eigenvalue weighted by Crippen LogP contribution is 2.24. The van der Waals surface area contributed by atoms with Crippen LogP contribution in [0.2, 0.25) is 5.02 Å². The molecule has 2 aliphatic rings. The molecule has 0 aromatic heterocycles. The number of rotatable bonds is 8. The van der Waals surface area contributed by atoms with E-state index in [1.165, 1.54) is 5.56 Å². The van der Waals surface area contributed by atoms with Gasteiger partial charge in [0, 0.05) is 42.8 Å². The van der Waals surface area contributed by atoms with Crippen LogP contribution in [0.3, 0.4) is 0 Å². The van der Waals surface area contributed by atoms with E-state index in [0.29, 0.717) is 12.1 Å². The Bertz CT molecular complexity index is 898. The molecular weight excluding hydrogens is 432 g/mol. The number of carbonyl (C=O) groups is 1. The van der Waals surface area contributed by atoms with Crippen LogP contribution in [0.5, 0.6) is 0 Å². The van der Waals surface area contributed by atoms with E-state index in [-0.39, 0.29) is 18.0 Å². The van der Waals surface area contributed by atoms with Gasteiger partial charge in [0.15, 0.2) is 0 Å². The van der Waals surface area contributed by atoms with E-state index < -0.39 is 0 Å². The second kappa shape index (κ2) is 11.5. The van der Waals surface area contributed by atoms with Crippen molar-refractivity contribution in [3.63, 3.8) is 0 Å². The third kappa shape index (κ3) is 7.03. The fourth-order valence-electron chi connectivity index (χ4n) is 5.16. The maximum Gasteiger partial charge on any atom is 0.237 e. The van der Waals surface area contributed by atoms with Crippen LogP contribution >= 0.6 is 11.6 Å². The van der Waals surface area contributed by atoms with Gasteiger partial charge in [0.1, 0.15) is 0 Å². The topological polar surface area (TPSA) is 47.6 Å². The Kier molecular flexibility index (Phi) is 8.42. The number of piperidine rings is 1. The summed E-state index contributed by atoms with van der Waals surface area (Å²) in [6.45, 7) is 8.92. The molecule has 178 valence electrons. The maximum absolute atomic E-state index is 13.0. The molecule has 6 heteroatoms. The highest BCUT2D eigenvalue weighted by Gasteiger charge is 2.38. The normalized spacial score (nSPS) is 22.7. The fraction of sp³-hybridized carbons (Fsp3) is 0.519. The molecule has 2 N–H and O–H groups in total. The van der Waals surface area contributed by atoms with Gasteiger partial charge in [-0.3, -0.25) is 14.6 Å². The maximum atomic E-state index is 13.0. The molecule has 2 aromatic carbocycles. The van der Waals surface area contributed by atoms with E-state index in [2.05, 4.69) is 56.8 Å². The molecule has 0 radical (unpaired) electrons. The second-order valence-electron chi connectivity index (χ2n) is 9.87. The second-order valence-corrected chi connectivity index (χ2v) is 10.3. The first kappa shape index (κ1) is 24.2. The molecule has 2 fully saturated rings. The molecule has 2 aromatic rings. The summed E-state index contributed by atoms with van der Waals surface area (Å²) in [6, 6.07) is 19.6. The van der Waals surface area contributed by atoms with Crippen molar-refractivity contribution in [2.75, 3.05) is 19.6 Å². The van der Waals surface area contributed by atoms with Crippen molar-refractivity contribution in [2.24, 2.45) is 0 Å². The van der Waals surface area contributed by atoms with Crippen LogP contribution in [0.4, 0.5) is 0 Å².